The molecule has 6 heteroatoms. The van der Waals surface area contributed by atoms with Crippen molar-refractivity contribution in [3.05, 3.63) is 0 Å². The van der Waals surface area contributed by atoms with Crippen molar-refractivity contribution < 1.29 is 14.4 Å². The number of carbonyl (C=O) groups excluding carboxylic acids is 1. The lowest BCUT2D eigenvalue weighted by Gasteiger charge is -2.16. The fraction of sp³-hybridized carbons (Fsp3) is 0.500. The first kappa shape index (κ1) is 7.31. The van der Waals surface area contributed by atoms with Crippen molar-refractivity contribution in [2.45, 2.75) is 6.03 Å². The van der Waals surface area contributed by atoms with Crippen molar-refractivity contribution >= 4 is 6.47 Å². The summed E-state index contributed by atoms with van der Waals surface area (Å²) in [4.78, 5) is 13.2. The molecule has 0 unspecified atom stereocenters. The maximum absolute atomic E-state index is 9.46. The van der Waals surface area contributed by atoms with Crippen LogP contribution in [0, 0.1) is 0 Å². The molecule has 48 valence electrons. The molecule has 0 aliphatic heterocycles. The van der Waals surface area contributed by atoms with Crippen LogP contribution in [0.5, 0.6) is 0 Å². The highest BCUT2D eigenvalue weighted by Gasteiger charge is 2.18. The molecule has 0 amide bonds. The summed E-state index contributed by atoms with van der Waals surface area (Å²) >= 11 is 0. The Morgan fingerprint density at radius 1 is 1.50 bits per heavy atom. The number of ether oxygens (including phenoxy) is 1. The lowest BCUT2D eigenvalue weighted by molar-refractivity contribution is -0.218. The van der Waals surface area contributed by atoms with Gasteiger partial charge in [-0.25, -0.2) is 10.7 Å². The number of rotatable bonds is 3. The van der Waals surface area contributed by atoms with E-state index in [2.05, 4.69) is 15.5 Å². The molecule has 0 aliphatic carbocycles. The predicted octanol–water partition coefficient (Wildman–Crippen LogP) is -2.42. The summed E-state index contributed by atoms with van der Waals surface area (Å²) in [5, 5.41) is 0. The first-order chi connectivity index (χ1) is 3.62. The molecule has 0 spiro atoms. The van der Waals surface area contributed by atoms with Gasteiger partial charge in [0.15, 0.2) is 0 Å². The van der Waals surface area contributed by atoms with E-state index in [1.54, 1.807) is 0 Å². The Bertz CT molecular complexity index is 82.6. The zero-order chi connectivity index (χ0) is 6.62. The molecular weight excluding hydrogens is 114 g/mol. The van der Waals surface area contributed by atoms with E-state index >= 15 is 0 Å². The van der Waals surface area contributed by atoms with Crippen LogP contribution in [-0.4, -0.2) is 12.5 Å². The Hall–Kier alpha value is -0.690. The van der Waals surface area contributed by atoms with Gasteiger partial charge in [-0.3, -0.25) is 16.3 Å². The van der Waals surface area contributed by atoms with Crippen LogP contribution in [0.15, 0.2) is 0 Å². The molecule has 0 radical (unpaired) electrons. The SMILES string of the molecule is NOC(N)(N)OC=O. The Labute approximate surface area is 45.5 Å². The van der Waals surface area contributed by atoms with Gasteiger partial charge in [0.1, 0.15) is 0 Å². The smallest absolute Gasteiger partial charge is 0.349 e. The average molecular weight is 121 g/mol. The van der Waals surface area contributed by atoms with E-state index in [1.807, 2.05) is 0 Å². The van der Waals surface area contributed by atoms with Crippen LogP contribution in [0.4, 0.5) is 0 Å². The average Bonchev–Trinajstić information content (AvgIpc) is 1.67. The maximum atomic E-state index is 9.46. The summed E-state index contributed by atoms with van der Waals surface area (Å²) in [6, 6.07) is -2.00. The predicted molar refractivity (Wildman–Crippen MR) is 23.5 cm³/mol. The quantitative estimate of drug-likeness (QED) is 0.217. The normalized spacial score (nSPS) is 10.9. The molecule has 0 aliphatic rings. The summed E-state index contributed by atoms with van der Waals surface area (Å²) in [6.45, 7) is 0.0346. The Morgan fingerprint density at radius 3 is 2.12 bits per heavy atom. The first-order valence-corrected chi connectivity index (χ1v) is 1.69. The van der Waals surface area contributed by atoms with E-state index in [4.69, 9.17) is 11.5 Å². The van der Waals surface area contributed by atoms with Gasteiger partial charge in [-0.1, -0.05) is 0 Å². The molecule has 0 rings (SSSR count). The van der Waals surface area contributed by atoms with Gasteiger partial charge in [0.05, 0.1) is 0 Å². The molecule has 0 aromatic carbocycles. The number of nitrogens with two attached hydrogens (primary N) is 3. The van der Waals surface area contributed by atoms with Crippen molar-refractivity contribution in [1.29, 1.82) is 0 Å². The lowest BCUT2D eigenvalue weighted by Crippen LogP contribution is -2.55. The van der Waals surface area contributed by atoms with Gasteiger partial charge in [0.2, 0.25) is 0 Å². The molecule has 0 saturated carbocycles. The number of hydrogen-bond acceptors (Lipinski definition) is 6. The van der Waals surface area contributed by atoms with Gasteiger partial charge in [-0.2, -0.15) is 0 Å². The molecule has 0 atom stereocenters. The molecule has 6 nitrogen and oxygen atoms in total. The number of hydrogen-bond donors (Lipinski definition) is 3. The Morgan fingerprint density at radius 2 is 2.00 bits per heavy atom. The summed E-state index contributed by atoms with van der Waals surface area (Å²) in [7, 11) is 0. The second-order valence-electron chi connectivity index (χ2n) is 1.05. The minimum absolute atomic E-state index is 0.0346. The summed E-state index contributed by atoms with van der Waals surface area (Å²) in [5.74, 6) is 4.46. The molecule has 0 heterocycles. The van der Waals surface area contributed by atoms with E-state index in [9.17, 15) is 4.79 Å². The summed E-state index contributed by atoms with van der Waals surface area (Å²) in [6.07, 6.45) is 0. The van der Waals surface area contributed by atoms with E-state index < -0.39 is 6.03 Å². The third kappa shape index (κ3) is 2.48. The Balaban J connectivity index is 3.53. The third-order valence-electron chi connectivity index (χ3n) is 0.417. The zero-order valence-corrected chi connectivity index (χ0v) is 4.03. The van der Waals surface area contributed by atoms with Crippen molar-refractivity contribution in [3.8, 4) is 0 Å². The maximum Gasteiger partial charge on any atom is 0.349 e. The van der Waals surface area contributed by atoms with Gasteiger partial charge in [-0.15, -0.1) is 0 Å². The van der Waals surface area contributed by atoms with Crippen molar-refractivity contribution in [2.75, 3.05) is 0 Å². The van der Waals surface area contributed by atoms with Gasteiger partial charge < -0.3 is 4.74 Å². The second-order valence-corrected chi connectivity index (χ2v) is 1.05. The molecule has 0 bridgehead atoms. The Kier molecular flexibility index (Phi) is 2.35. The largest absolute Gasteiger partial charge is 0.406 e. The van der Waals surface area contributed by atoms with E-state index in [-0.39, 0.29) is 6.47 Å². The van der Waals surface area contributed by atoms with Gasteiger partial charge in [-0.05, 0) is 0 Å². The van der Waals surface area contributed by atoms with E-state index in [0.29, 0.717) is 0 Å². The van der Waals surface area contributed by atoms with Crippen LogP contribution < -0.4 is 17.4 Å². The molecule has 0 fully saturated rings. The first-order valence-electron chi connectivity index (χ1n) is 1.69. The van der Waals surface area contributed by atoms with Crippen LogP contribution >= 0.6 is 0 Å². The van der Waals surface area contributed by atoms with Crippen LogP contribution in [0.25, 0.3) is 0 Å². The van der Waals surface area contributed by atoms with Crippen molar-refractivity contribution in [1.82, 2.24) is 0 Å². The van der Waals surface area contributed by atoms with Gasteiger partial charge in [0.25, 0.3) is 6.47 Å². The highest BCUT2D eigenvalue weighted by atomic mass is 16.8. The molecule has 6 N–H and O–H groups in total. The van der Waals surface area contributed by atoms with Crippen LogP contribution in [0.3, 0.4) is 0 Å². The highest BCUT2D eigenvalue weighted by molar-refractivity contribution is 5.37. The molecule has 0 saturated heterocycles. The van der Waals surface area contributed by atoms with Crippen molar-refractivity contribution in [3.63, 3.8) is 0 Å². The fourth-order valence-corrected chi connectivity index (χ4v) is 0.103. The minimum Gasteiger partial charge on any atom is -0.406 e. The standard InChI is InChI=1S/C2H7N3O3/c3-2(4,8-5)7-1-6/h1H,3-5H2. The molecular formula is C2H7N3O3. The second kappa shape index (κ2) is 2.58. The van der Waals surface area contributed by atoms with E-state index in [0.717, 1.165) is 0 Å². The van der Waals surface area contributed by atoms with Crippen molar-refractivity contribution in [2.24, 2.45) is 17.4 Å². The van der Waals surface area contributed by atoms with E-state index in [1.165, 1.54) is 0 Å². The van der Waals surface area contributed by atoms with Gasteiger partial charge >= 0.3 is 6.03 Å². The van der Waals surface area contributed by atoms with Crippen LogP contribution in [-0.2, 0) is 14.4 Å². The zero-order valence-electron chi connectivity index (χ0n) is 4.03. The van der Waals surface area contributed by atoms with Crippen LogP contribution in [0.1, 0.15) is 0 Å². The fourth-order valence-electron chi connectivity index (χ4n) is 0.103. The number of carbonyl (C=O) groups is 1. The molecule has 0 aromatic rings. The molecule has 0 aromatic heterocycles. The topological polar surface area (TPSA) is 114 Å². The summed E-state index contributed by atoms with van der Waals surface area (Å²) in [5.41, 5.74) is 9.61. The third-order valence-corrected chi connectivity index (χ3v) is 0.417. The molecule has 8 heavy (non-hydrogen) atoms. The van der Waals surface area contributed by atoms with Crippen LogP contribution in [0.2, 0.25) is 0 Å². The highest BCUT2D eigenvalue weighted by Crippen LogP contribution is 1.85. The lowest BCUT2D eigenvalue weighted by atomic mass is 10.9. The monoisotopic (exact) mass is 121 g/mol. The minimum atomic E-state index is -2.00. The summed E-state index contributed by atoms with van der Waals surface area (Å²) < 4.78 is 3.91. The van der Waals surface area contributed by atoms with Gasteiger partial charge in [0, 0.05) is 0 Å².